The molecule has 3 heterocycles. The molecule has 0 bridgehead atoms. The van der Waals surface area contributed by atoms with E-state index in [4.69, 9.17) is 0 Å². The lowest BCUT2D eigenvalue weighted by Gasteiger charge is -2.31. The summed E-state index contributed by atoms with van der Waals surface area (Å²) in [5.74, 6) is 1.16. The van der Waals surface area contributed by atoms with Gasteiger partial charge in [0, 0.05) is 41.2 Å². The average Bonchev–Trinajstić information content (AvgIpc) is 3.15. The zero-order valence-corrected chi connectivity index (χ0v) is 11.8. The molecule has 2 aromatic rings. The van der Waals surface area contributed by atoms with Crippen LogP contribution in [0.15, 0.2) is 35.9 Å². The number of benzene rings is 1. The van der Waals surface area contributed by atoms with Crippen LogP contribution < -0.4 is 0 Å². The lowest BCUT2D eigenvalue weighted by atomic mass is 9.88. The van der Waals surface area contributed by atoms with Gasteiger partial charge in [-0.15, -0.1) is 0 Å². The van der Waals surface area contributed by atoms with E-state index in [1.807, 2.05) is 0 Å². The quantitative estimate of drug-likeness (QED) is 0.802. The van der Waals surface area contributed by atoms with Crippen molar-refractivity contribution in [2.24, 2.45) is 11.8 Å². The van der Waals surface area contributed by atoms with E-state index in [1.165, 1.54) is 22.2 Å². The highest BCUT2D eigenvalue weighted by Gasteiger charge is 2.47. The SMILES string of the molecule is N#CC1=CC2C(C1)CN1CCc3c([nH]c4ccccc34)C21. The molecule has 1 saturated heterocycles. The van der Waals surface area contributed by atoms with Crippen LogP contribution in [0.4, 0.5) is 0 Å². The number of H-pyrrole nitrogens is 1. The second-order valence-corrected chi connectivity index (χ2v) is 6.60. The molecular formula is C18H17N3. The minimum Gasteiger partial charge on any atom is -0.357 e. The fourth-order valence-corrected chi connectivity index (χ4v) is 4.73. The van der Waals surface area contributed by atoms with Crippen LogP contribution in [-0.4, -0.2) is 23.0 Å². The Morgan fingerprint density at radius 1 is 1.29 bits per heavy atom. The fraction of sp³-hybridized carbons (Fsp3) is 0.389. The molecule has 5 rings (SSSR count). The summed E-state index contributed by atoms with van der Waals surface area (Å²) in [6.07, 6.45) is 4.36. The van der Waals surface area contributed by atoms with Gasteiger partial charge in [0.15, 0.2) is 0 Å². The number of fused-ring (bicyclic) bond motifs is 7. The molecule has 3 aliphatic rings. The third kappa shape index (κ3) is 1.46. The summed E-state index contributed by atoms with van der Waals surface area (Å²) in [7, 11) is 0. The number of aromatic nitrogens is 1. The molecule has 1 aliphatic carbocycles. The number of nitrogens with zero attached hydrogens (tertiary/aromatic N) is 2. The smallest absolute Gasteiger partial charge is 0.0943 e. The Morgan fingerprint density at radius 3 is 3.10 bits per heavy atom. The standard InChI is InChI=1S/C18H17N3/c19-9-11-7-12-10-21-6-5-14-13-3-1-2-4-16(13)20-17(14)18(21)15(12)8-11/h1-4,8,12,15,18,20H,5-7,10H2. The van der Waals surface area contributed by atoms with Crippen molar-refractivity contribution in [3.63, 3.8) is 0 Å². The highest BCUT2D eigenvalue weighted by atomic mass is 15.2. The first kappa shape index (κ1) is 11.6. The number of nitriles is 1. The lowest BCUT2D eigenvalue weighted by molar-refractivity contribution is 0.224. The van der Waals surface area contributed by atoms with Crippen molar-refractivity contribution < 1.29 is 0 Å². The Bertz CT molecular complexity index is 807. The molecule has 2 aliphatic heterocycles. The molecule has 0 saturated carbocycles. The van der Waals surface area contributed by atoms with Gasteiger partial charge in [0.2, 0.25) is 0 Å². The van der Waals surface area contributed by atoms with Crippen molar-refractivity contribution in [1.29, 1.82) is 5.26 Å². The molecule has 1 N–H and O–H groups in total. The fourth-order valence-electron chi connectivity index (χ4n) is 4.73. The first-order chi connectivity index (χ1) is 10.3. The first-order valence-corrected chi connectivity index (χ1v) is 7.79. The van der Waals surface area contributed by atoms with Gasteiger partial charge in [0.25, 0.3) is 0 Å². The number of hydrogen-bond donors (Lipinski definition) is 1. The van der Waals surface area contributed by atoms with Crippen molar-refractivity contribution in [3.8, 4) is 6.07 Å². The molecule has 0 amide bonds. The van der Waals surface area contributed by atoms with Crippen molar-refractivity contribution >= 4 is 10.9 Å². The maximum Gasteiger partial charge on any atom is 0.0943 e. The number of aromatic amines is 1. The van der Waals surface area contributed by atoms with Crippen molar-refractivity contribution in [3.05, 3.63) is 47.2 Å². The Labute approximate surface area is 123 Å². The molecule has 104 valence electrons. The second-order valence-electron chi connectivity index (χ2n) is 6.60. The summed E-state index contributed by atoms with van der Waals surface area (Å²) in [5, 5.41) is 10.6. The van der Waals surface area contributed by atoms with Crippen LogP contribution in [0.5, 0.6) is 0 Å². The van der Waals surface area contributed by atoms with Crippen LogP contribution >= 0.6 is 0 Å². The Balaban J connectivity index is 1.68. The number of allylic oxidation sites excluding steroid dienone is 1. The summed E-state index contributed by atoms with van der Waals surface area (Å²) in [5.41, 5.74) is 5.17. The van der Waals surface area contributed by atoms with E-state index >= 15 is 0 Å². The van der Waals surface area contributed by atoms with E-state index in [0.29, 0.717) is 17.9 Å². The summed E-state index contributed by atoms with van der Waals surface area (Å²) in [6, 6.07) is 11.5. The van der Waals surface area contributed by atoms with Crippen molar-refractivity contribution in [1.82, 2.24) is 9.88 Å². The van der Waals surface area contributed by atoms with Gasteiger partial charge in [0.05, 0.1) is 12.1 Å². The predicted molar refractivity (Wildman–Crippen MR) is 81.6 cm³/mol. The summed E-state index contributed by atoms with van der Waals surface area (Å²) in [6.45, 7) is 2.30. The predicted octanol–water partition coefficient (Wildman–Crippen LogP) is 3.17. The van der Waals surface area contributed by atoms with Gasteiger partial charge in [-0.05, 0) is 30.4 Å². The van der Waals surface area contributed by atoms with Crippen LogP contribution in [0.2, 0.25) is 0 Å². The highest BCUT2D eigenvalue weighted by Crippen LogP contribution is 2.51. The molecule has 3 nitrogen and oxygen atoms in total. The molecular weight excluding hydrogens is 258 g/mol. The number of hydrogen-bond acceptors (Lipinski definition) is 2. The van der Waals surface area contributed by atoms with Gasteiger partial charge in [-0.1, -0.05) is 24.3 Å². The number of para-hydroxylation sites is 1. The molecule has 1 fully saturated rings. The minimum atomic E-state index is 0.456. The zero-order chi connectivity index (χ0) is 14.0. The van der Waals surface area contributed by atoms with Crippen LogP contribution in [0.3, 0.4) is 0 Å². The molecule has 3 unspecified atom stereocenters. The Kier molecular flexibility index (Phi) is 2.20. The molecule has 21 heavy (non-hydrogen) atoms. The largest absolute Gasteiger partial charge is 0.357 e. The molecule has 3 atom stereocenters. The van der Waals surface area contributed by atoms with E-state index in [-0.39, 0.29) is 0 Å². The van der Waals surface area contributed by atoms with E-state index < -0.39 is 0 Å². The van der Waals surface area contributed by atoms with Crippen LogP contribution in [0, 0.1) is 23.2 Å². The molecule has 0 spiro atoms. The van der Waals surface area contributed by atoms with Gasteiger partial charge in [-0.3, -0.25) is 4.90 Å². The van der Waals surface area contributed by atoms with E-state index in [1.54, 1.807) is 0 Å². The van der Waals surface area contributed by atoms with Gasteiger partial charge in [-0.25, -0.2) is 0 Å². The minimum absolute atomic E-state index is 0.456. The van der Waals surface area contributed by atoms with Gasteiger partial charge < -0.3 is 4.98 Å². The second kappa shape index (κ2) is 3.99. The first-order valence-electron chi connectivity index (χ1n) is 7.79. The normalized spacial score (nSPS) is 30.6. The summed E-state index contributed by atoms with van der Waals surface area (Å²) >= 11 is 0. The molecule has 3 heteroatoms. The van der Waals surface area contributed by atoms with Gasteiger partial charge >= 0.3 is 0 Å². The third-order valence-corrected chi connectivity index (χ3v) is 5.58. The van der Waals surface area contributed by atoms with E-state index in [0.717, 1.165) is 31.5 Å². The topological polar surface area (TPSA) is 42.8 Å². The van der Waals surface area contributed by atoms with Crippen molar-refractivity contribution in [2.45, 2.75) is 18.9 Å². The summed E-state index contributed by atoms with van der Waals surface area (Å²) < 4.78 is 0. The van der Waals surface area contributed by atoms with E-state index in [2.05, 4.69) is 46.3 Å². The monoisotopic (exact) mass is 275 g/mol. The third-order valence-electron chi connectivity index (χ3n) is 5.58. The molecule has 1 aromatic heterocycles. The van der Waals surface area contributed by atoms with Gasteiger partial charge in [0.1, 0.15) is 0 Å². The average molecular weight is 275 g/mol. The Hall–Kier alpha value is -2.05. The number of nitrogens with one attached hydrogen (secondary N) is 1. The maximum atomic E-state index is 9.19. The van der Waals surface area contributed by atoms with Crippen LogP contribution in [0.25, 0.3) is 10.9 Å². The zero-order valence-electron chi connectivity index (χ0n) is 11.8. The van der Waals surface area contributed by atoms with Crippen molar-refractivity contribution in [2.75, 3.05) is 13.1 Å². The summed E-state index contributed by atoms with van der Waals surface area (Å²) in [4.78, 5) is 6.30. The van der Waals surface area contributed by atoms with Gasteiger partial charge in [-0.2, -0.15) is 5.26 Å². The Morgan fingerprint density at radius 2 is 2.19 bits per heavy atom. The number of rotatable bonds is 0. The molecule has 1 aromatic carbocycles. The highest BCUT2D eigenvalue weighted by molar-refractivity contribution is 5.85. The van der Waals surface area contributed by atoms with Crippen LogP contribution in [-0.2, 0) is 6.42 Å². The lowest BCUT2D eigenvalue weighted by Crippen LogP contribution is -2.32. The maximum absolute atomic E-state index is 9.19. The molecule has 0 radical (unpaired) electrons. The van der Waals surface area contributed by atoms with Crippen LogP contribution in [0.1, 0.15) is 23.7 Å². The van der Waals surface area contributed by atoms with E-state index in [9.17, 15) is 5.26 Å².